The molecular formula is C16H26BrN3O. The number of nitrogens with zero attached hydrogens (tertiary/aromatic N) is 1. The van der Waals surface area contributed by atoms with Crippen molar-refractivity contribution < 1.29 is 4.79 Å². The minimum absolute atomic E-state index is 0.0575. The third-order valence-electron chi connectivity index (χ3n) is 3.18. The Morgan fingerprint density at radius 3 is 2.62 bits per heavy atom. The van der Waals surface area contributed by atoms with Crippen molar-refractivity contribution in [3.8, 4) is 0 Å². The number of halogens is 1. The Kier molecular flexibility index (Phi) is 7.75. The highest BCUT2D eigenvalue weighted by Gasteiger charge is 2.14. The largest absolute Gasteiger partial charge is 0.362 e. The van der Waals surface area contributed by atoms with Crippen LogP contribution in [0, 0.1) is 0 Å². The van der Waals surface area contributed by atoms with E-state index >= 15 is 0 Å². The van der Waals surface area contributed by atoms with Crippen LogP contribution in [0.1, 0.15) is 33.3 Å². The molecule has 0 saturated heterocycles. The topological polar surface area (TPSA) is 44.4 Å². The lowest BCUT2D eigenvalue weighted by Crippen LogP contribution is -2.37. The van der Waals surface area contributed by atoms with Crippen LogP contribution in [0.4, 0.5) is 5.69 Å². The van der Waals surface area contributed by atoms with Crippen LogP contribution in [0.15, 0.2) is 22.7 Å². The third kappa shape index (κ3) is 6.06. The molecule has 1 aromatic carbocycles. The first-order valence-corrected chi connectivity index (χ1v) is 8.30. The molecule has 2 N–H and O–H groups in total. The van der Waals surface area contributed by atoms with E-state index in [2.05, 4.69) is 64.4 Å². The Balaban J connectivity index is 2.94. The highest BCUT2D eigenvalue weighted by molar-refractivity contribution is 9.10. The van der Waals surface area contributed by atoms with Crippen LogP contribution >= 0.6 is 15.9 Å². The number of nitrogens with one attached hydrogen (secondary N) is 2. The van der Waals surface area contributed by atoms with Crippen LogP contribution in [-0.2, 0) is 11.3 Å². The summed E-state index contributed by atoms with van der Waals surface area (Å²) in [5.74, 6) is 0.0575. The van der Waals surface area contributed by atoms with Crippen LogP contribution in [0.3, 0.4) is 0 Å². The van der Waals surface area contributed by atoms with E-state index in [1.807, 2.05) is 13.0 Å². The average molecular weight is 356 g/mol. The number of hydrogen-bond donors (Lipinski definition) is 2. The van der Waals surface area contributed by atoms with Crippen molar-refractivity contribution in [3.05, 3.63) is 28.2 Å². The summed E-state index contributed by atoms with van der Waals surface area (Å²) in [6.45, 7) is 10.9. The summed E-state index contributed by atoms with van der Waals surface area (Å²) < 4.78 is 1.03. The number of anilines is 1. The zero-order valence-electron chi connectivity index (χ0n) is 13.4. The number of carbonyl (C=O) groups is 1. The minimum atomic E-state index is 0.0575. The van der Waals surface area contributed by atoms with Crippen molar-refractivity contribution >= 4 is 27.5 Å². The zero-order valence-corrected chi connectivity index (χ0v) is 15.0. The van der Waals surface area contributed by atoms with Gasteiger partial charge in [-0.05, 0) is 31.5 Å². The van der Waals surface area contributed by atoms with Crippen molar-refractivity contribution in [2.75, 3.05) is 24.5 Å². The van der Waals surface area contributed by atoms with E-state index in [1.165, 1.54) is 5.56 Å². The van der Waals surface area contributed by atoms with Crippen molar-refractivity contribution in [2.45, 2.75) is 40.3 Å². The molecule has 0 aromatic heterocycles. The van der Waals surface area contributed by atoms with Gasteiger partial charge in [0.1, 0.15) is 0 Å². The fourth-order valence-electron chi connectivity index (χ4n) is 2.09. The predicted octanol–water partition coefficient (Wildman–Crippen LogP) is 2.91. The molecule has 4 nitrogen and oxygen atoms in total. The number of carbonyl (C=O) groups excluding carboxylic acids is 1. The lowest BCUT2D eigenvalue weighted by molar-refractivity contribution is -0.119. The first-order chi connectivity index (χ1) is 9.97. The predicted molar refractivity (Wildman–Crippen MR) is 92.7 cm³/mol. The number of hydrogen-bond acceptors (Lipinski definition) is 3. The van der Waals surface area contributed by atoms with Gasteiger partial charge in [-0.3, -0.25) is 4.79 Å². The van der Waals surface area contributed by atoms with E-state index in [1.54, 1.807) is 0 Å². The van der Waals surface area contributed by atoms with Gasteiger partial charge in [0.05, 0.1) is 6.54 Å². The number of benzene rings is 1. The molecular weight excluding hydrogens is 330 g/mol. The average Bonchev–Trinajstić information content (AvgIpc) is 2.43. The molecule has 0 saturated carbocycles. The monoisotopic (exact) mass is 355 g/mol. The van der Waals surface area contributed by atoms with Gasteiger partial charge in [0.25, 0.3) is 0 Å². The first-order valence-electron chi connectivity index (χ1n) is 7.51. The second-order valence-electron chi connectivity index (χ2n) is 5.28. The van der Waals surface area contributed by atoms with Crippen molar-refractivity contribution in [1.82, 2.24) is 10.6 Å². The molecule has 1 aromatic rings. The quantitative estimate of drug-likeness (QED) is 0.753. The summed E-state index contributed by atoms with van der Waals surface area (Å²) in [6.07, 6.45) is 0. The molecule has 0 spiro atoms. The molecule has 0 aliphatic rings. The fourth-order valence-corrected chi connectivity index (χ4v) is 2.44. The molecule has 0 atom stereocenters. The molecule has 1 amide bonds. The van der Waals surface area contributed by atoms with E-state index < -0.39 is 0 Å². The molecule has 0 radical (unpaired) electrons. The second-order valence-corrected chi connectivity index (χ2v) is 6.19. The summed E-state index contributed by atoms with van der Waals surface area (Å²) in [6, 6.07) is 6.66. The summed E-state index contributed by atoms with van der Waals surface area (Å²) in [7, 11) is 0. The summed E-state index contributed by atoms with van der Waals surface area (Å²) in [5, 5.41) is 6.29. The molecule has 0 unspecified atom stereocenters. The summed E-state index contributed by atoms with van der Waals surface area (Å²) in [4.78, 5) is 14.0. The van der Waals surface area contributed by atoms with Crippen LogP contribution in [0.5, 0.6) is 0 Å². The Hall–Kier alpha value is -1.07. The van der Waals surface area contributed by atoms with Crippen molar-refractivity contribution in [3.63, 3.8) is 0 Å². The molecule has 0 heterocycles. The zero-order chi connectivity index (χ0) is 15.8. The Bertz CT molecular complexity index is 463. The van der Waals surface area contributed by atoms with Crippen LogP contribution in [0.25, 0.3) is 0 Å². The van der Waals surface area contributed by atoms with E-state index in [0.29, 0.717) is 19.1 Å². The van der Waals surface area contributed by atoms with Crippen molar-refractivity contribution in [2.24, 2.45) is 0 Å². The third-order valence-corrected chi connectivity index (χ3v) is 3.67. The summed E-state index contributed by atoms with van der Waals surface area (Å²) >= 11 is 3.52. The van der Waals surface area contributed by atoms with Gasteiger partial charge >= 0.3 is 0 Å². The van der Waals surface area contributed by atoms with E-state index in [4.69, 9.17) is 0 Å². The molecule has 1 rings (SSSR count). The maximum Gasteiger partial charge on any atom is 0.239 e. The lowest BCUT2D eigenvalue weighted by atomic mass is 10.1. The van der Waals surface area contributed by atoms with Crippen LogP contribution in [-0.4, -0.2) is 31.6 Å². The molecule has 0 bridgehead atoms. The number of likely N-dealkylation sites (N-methyl/N-ethyl adjacent to an activating group) is 2. The first kappa shape index (κ1) is 18.0. The Morgan fingerprint density at radius 1 is 1.33 bits per heavy atom. The molecule has 118 valence electrons. The van der Waals surface area contributed by atoms with E-state index in [0.717, 1.165) is 23.2 Å². The summed E-state index contributed by atoms with van der Waals surface area (Å²) in [5.41, 5.74) is 2.31. The van der Waals surface area contributed by atoms with E-state index in [-0.39, 0.29) is 5.91 Å². The fraction of sp³-hybridized carbons (Fsp3) is 0.562. The number of amides is 1. The van der Waals surface area contributed by atoms with Crippen molar-refractivity contribution in [1.29, 1.82) is 0 Å². The molecule has 0 aliphatic carbocycles. The molecule has 0 fully saturated rings. The highest BCUT2D eigenvalue weighted by Crippen LogP contribution is 2.25. The Morgan fingerprint density at radius 2 is 2.05 bits per heavy atom. The van der Waals surface area contributed by atoms with Gasteiger partial charge in [-0.25, -0.2) is 0 Å². The van der Waals surface area contributed by atoms with Gasteiger partial charge in [0, 0.05) is 35.8 Å². The molecule has 5 heteroatoms. The maximum absolute atomic E-state index is 11.9. The van der Waals surface area contributed by atoms with Gasteiger partial charge < -0.3 is 15.5 Å². The van der Waals surface area contributed by atoms with Gasteiger partial charge in [0.15, 0.2) is 0 Å². The second kappa shape index (κ2) is 9.05. The van der Waals surface area contributed by atoms with Crippen LogP contribution in [0.2, 0.25) is 0 Å². The molecule has 0 aliphatic heterocycles. The minimum Gasteiger partial charge on any atom is -0.362 e. The standard InChI is InChI=1S/C16H26BrN3O/c1-5-18-16(21)11-20(6-2)15-9-14(17)8-7-13(15)10-19-12(3)4/h7-9,12,19H,5-6,10-11H2,1-4H3,(H,18,21). The highest BCUT2D eigenvalue weighted by atomic mass is 79.9. The molecule has 21 heavy (non-hydrogen) atoms. The normalized spacial score (nSPS) is 10.8. The van der Waals surface area contributed by atoms with Gasteiger partial charge in [0.2, 0.25) is 5.91 Å². The van der Waals surface area contributed by atoms with Gasteiger partial charge in [-0.1, -0.05) is 35.8 Å². The number of rotatable bonds is 8. The maximum atomic E-state index is 11.9. The Labute approximate surface area is 136 Å². The lowest BCUT2D eigenvalue weighted by Gasteiger charge is -2.26. The van der Waals surface area contributed by atoms with Crippen LogP contribution < -0.4 is 15.5 Å². The van der Waals surface area contributed by atoms with Gasteiger partial charge in [-0.2, -0.15) is 0 Å². The SMILES string of the molecule is CCNC(=O)CN(CC)c1cc(Br)ccc1CNC(C)C. The van der Waals surface area contributed by atoms with Gasteiger partial charge in [-0.15, -0.1) is 0 Å². The smallest absolute Gasteiger partial charge is 0.239 e. The van der Waals surface area contributed by atoms with E-state index in [9.17, 15) is 4.79 Å².